The van der Waals surface area contributed by atoms with Crippen molar-refractivity contribution < 1.29 is 13.5 Å². The van der Waals surface area contributed by atoms with Crippen molar-refractivity contribution >= 4 is 0 Å². The van der Waals surface area contributed by atoms with Crippen molar-refractivity contribution in [3.05, 3.63) is 59.4 Å². The van der Waals surface area contributed by atoms with Crippen LogP contribution in [-0.4, -0.2) is 11.5 Å². The average molecular weight is 278 g/mol. The van der Waals surface area contributed by atoms with Gasteiger partial charge in [0.1, 0.15) is 6.61 Å². The van der Waals surface area contributed by atoms with Crippen LogP contribution in [0.15, 0.2) is 36.7 Å². The molecule has 0 saturated heterocycles. The summed E-state index contributed by atoms with van der Waals surface area (Å²) in [5, 5.41) is 3.02. The predicted molar refractivity (Wildman–Crippen MR) is 72.3 cm³/mol. The first-order valence-electron chi connectivity index (χ1n) is 6.41. The van der Waals surface area contributed by atoms with E-state index in [4.69, 9.17) is 4.74 Å². The zero-order valence-corrected chi connectivity index (χ0v) is 11.2. The molecule has 1 aromatic carbocycles. The molecule has 5 heteroatoms. The Morgan fingerprint density at radius 1 is 1.10 bits per heavy atom. The van der Waals surface area contributed by atoms with Gasteiger partial charge in [-0.1, -0.05) is 6.92 Å². The molecular formula is C15H16F2N2O. The lowest BCUT2D eigenvalue weighted by atomic mass is 10.2. The lowest BCUT2D eigenvalue weighted by molar-refractivity contribution is 0.273. The van der Waals surface area contributed by atoms with Crippen molar-refractivity contribution in [2.75, 3.05) is 6.54 Å². The van der Waals surface area contributed by atoms with Gasteiger partial charge >= 0.3 is 0 Å². The minimum atomic E-state index is -0.688. The SMILES string of the molecule is CCNCc1cc(F)c(OCc2ccncc2)c(F)c1. The number of nitrogens with zero attached hydrogens (tertiary/aromatic N) is 1. The number of nitrogens with one attached hydrogen (secondary N) is 1. The van der Waals surface area contributed by atoms with Gasteiger partial charge in [-0.2, -0.15) is 0 Å². The molecule has 2 rings (SSSR count). The van der Waals surface area contributed by atoms with Gasteiger partial charge in [-0.15, -0.1) is 0 Å². The van der Waals surface area contributed by atoms with Crippen molar-refractivity contribution in [2.45, 2.75) is 20.1 Å². The highest BCUT2D eigenvalue weighted by Gasteiger charge is 2.12. The van der Waals surface area contributed by atoms with Crippen LogP contribution in [0.3, 0.4) is 0 Å². The number of aromatic nitrogens is 1. The first kappa shape index (κ1) is 14.4. The molecule has 0 saturated carbocycles. The number of rotatable bonds is 6. The number of halogens is 2. The number of ether oxygens (including phenoxy) is 1. The van der Waals surface area contributed by atoms with Crippen LogP contribution in [0.5, 0.6) is 5.75 Å². The molecule has 0 bridgehead atoms. The minimum Gasteiger partial charge on any atom is -0.483 e. The van der Waals surface area contributed by atoms with E-state index in [1.807, 2.05) is 6.92 Å². The number of hydrogen-bond acceptors (Lipinski definition) is 3. The molecule has 20 heavy (non-hydrogen) atoms. The topological polar surface area (TPSA) is 34.1 Å². The largest absolute Gasteiger partial charge is 0.483 e. The zero-order valence-electron chi connectivity index (χ0n) is 11.2. The van der Waals surface area contributed by atoms with Gasteiger partial charge in [0, 0.05) is 18.9 Å². The fourth-order valence-electron chi connectivity index (χ4n) is 1.76. The second-order valence-electron chi connectivity index (χ2n) is 4.31. The molecule has 0 unspecified atom stereocenters. The molecular weight excluding hydrogens is 262 g/mol. The van der Waals surface area contributed by atoms with Crippen LogP contribution in [0, 0.1) is 11.6 Å². The summed E-state index contributed by atoms with van der Waals surface area (Å²) >= 11 is 0. The van der Waals surface area contributed by atoms with Crippen molar-refractivity contribution in [3.63, 3.8) is 0 Å². The van der Waals surface area contributed by atoms with Gasteiger partial charge in [-0.3, -0.25) is 4.98 Å². The summed E-state index contributed by atoms with van der Waals surface area (Å²) in [5.41, 5.74) is 1.36. The third kappa shape index (κ3) is 3.74. The Hall–Kier alpha value is -2.01. The van der Waals surface area contributed by atoms with Gasteiger partial charge in [0.05, 0.1) is 0 Å². The average Bonchev–Trinajstić information content (AvgIpc) is 2.45. The zero-order chi connectivity index (χ0) is 14.4. The molecule has 106 valence electrons. The molecule has 0 spiro atoms. The van der Waals surface area contributed by atoms with Crippen LogP contribution >= 0.6 is 0 Å². The summed E-state index contributed by atoms with van der Waals surface area (Å²) in [6.07, 6.45) is 3.20. The second-order valence-corrected chi connectivity index (χ2v) is 4.31. The summed E-state index contributed by atoms with van der Waals surface area (Å²) in [6, 6.07) is 6.03. The number of benzene rings is 1. The molecule has 0 fully saturated rings. The smallest absolute Gasteiger partial charge is 0.191 e. The Balaban J connectivity index is 2.08. The fraction of sp³-hybridized carbons (Fsp3) is 0.267. The minimum absolute atomic E-state index is 0.100. The van der Waals surface area contributed by atoms with Gasteiger partial charge in [-0.05, 0) is 41.9 Å². The van der Waals surface area contributed by atoms with Gasteiger partial charge in [-0.25, -0.2) is 8.78 Å². The Kier molecular flexibility index (Phi) is 5.01. The lowest BCUT2D eigenvalue weighted by Gasteiger charge is -2.10. The monoisotopic (exact) mass is 278 g/mol. The van der Waals surface area contributed by atoms with Crippen molar-refractivity contribution in [2.24, 2.45) is 0 Å². The molecule has 1 heterocycles. The molecule has 1 aromatic heterocycles. The summed E-state index contributed by atoms with van der Waals surface area (Å²) in [6.45, 7) is 3.19. The molecule has 0 aliphatic heterocycles. The van der Waals surface area contributed by atoms with Crippen LogP contribution < -0.4 is 10.1 Å². The van der Waals surface area contributed by atoms with E-state index in [0.29, 0.717) is 12.1 Å². The first-order valence-corrected chi connectivity index (χ1v) is 6.41. The predicted octanol–water partition coefficient (Wildman–Crippen LogP) is 3.05. The molecule has 0 aliphatic rings. The third-order valence-electron chi connectivity index (χ3n) is 2.77. The molecule has 0 atom stereocenters. The highest BCUT2D eigenvalue weighted by Crippen LogP contribution is 2.24. The van der Waals surface area contributed by atoms with Crippen LogP contribution in [0.4, 0.5) is 8.78 Å². The standard InChI is InChI=1S/C15H16F2N2O/c1-2-18-9-12-7-13(16)15(14(17)8-12)20-10-11-3-5-19-6-4-11/h3-8,18H,2,9-10H2,1H3. The lowest BCUT2D eigenvalue weighted by Crippen LogP contribution is -2.12. The maximum absolute atomic E-state index is 13.8. The Morgan fingerprint density at radius 3 is 2.35 bits per heavy atom. The second kappa shape index (κ2) is 6.96. The van der Waals surface area contributed by atoms with Gasteiger partial charge < -0.3 is 10.1 Å². The van der Waals surface area contributed by atoms with Crippen LogP contribution in [0.1, 0.15) is 18.1 Å². The molecule has 0 radical (unpaired) electrons. The summed E-state index contributed by atoms with van der Waals surface area (Å²) in [7, 11) is 0. The molecule has 1 N–H and O–H groups in total. The molecule has 3 nitrogen and oxygen atoms in total. The van der Waals surface area contributed by atoms with E-state index in [2.05, 4.69) is 10.3 Å². The Labute approximate surface area is 116 Å². The quantitative estimate of drug-likeness (QED) is 0.882. The summed E-state index contributed by atoms with van der Waals surface area (Å²) in [4.78, 5) is 3.86. The van der Waals surface area contributed by atoms with E-state index in [-0.39, 0.29) is 12.4 Å². The van der Waals surface area contributed by atoms with E-state index in [0.717, 1.165) is 12.1 Å². The van der Waals surface area contributed by atoms with Gasteiger partial charge in [0.25, 0.3) is 0 Å². The maximum atomic E-state index is 13.8. The number of pyridine rings is 1. The molecule has 0 aliphatic carbocycles. The van der Waals surface area contributed by atoms with Gasteiger partial charge in [0.2, 0.25) is 0 Å². The van der Waals surface area contributed by atoms with E-state index >= 15 is 0 Å². The Morgan fingerprint density at radius 2 is 1.75 bits per heavy atom. The highest BCUT2D eigenvalue weighted by atomic mass is 19.1. The normalized spacial score (nSPS) is 10.6. The Bertz CT molecular complexity index is 538. The van der Waals surface area contributed by atoms with E-state index in [1.54, 1.807) is 24.5 Å². The van der Waals surface area contributed by atoms with Crippen molar-refractivity contribution in [3.8, 4) is 5.75 Å². The van der Waals surface area contributed by atoms with E-state index in [1.165, 1.54) is 12.1 Å². The van der Waals surface area contributed by atoms with E-state index in [9.17, 15) is 8.78 Å². The van der Waals surface area contributed by atoms with Crippen LogP contribution in [0.2, 0.25) is 0 Å². The van der Waals surface area contributed by atoms with Crippen LogP contribution in [0.25, 0.3) is 0 Å². The van der Waals surface area contributed by atoms with E-state index < -0.39 is 11.6 Å². The third-order valence-corrected chi connectivity index (χ3v) is 2.77. The summed E-state index contributed by atoms with van der Waals surface area (Å²) in [5.74, 6) is -1.72. The van der Waals surface area contributed by atoms with Crippen molar-refractivity contribution in [1.29, 1.82) is 0 Å². The van der Waals surface area contributed by atoms with Crippen molar-refractivity contribution in [1.82, 2.24) is 10.3 Å². The first-order chi connectivity index (χ1) is 9.70. The summed E-state index contributed by atoms with van der Waals surface area (Å²) < 4.78 is 32.9. The highest BCUT2D eigenvalue weighted by molar-refractivity contribution is 5.31. The number of hydrogen-bond donors (Lipinski definition) is 1. The fourth-order valence-corrected chi connectivity index (χ4v) is 1.76. The molecule has 0 amide bonds. The maximum Gasteiger partial charge on any atom is 0.191 e. The van der Waals surface area contributed by atoms with Gasteiger partial charge in [0.15, 0.2) is 17.4 Å². The van der Waals surface area contributed by atoms with Crippen LogP contribution in [-0.2, 0) is 13.2 Å². The molecule has 2 aromatic rings.